The number of nitriles is 1. The van der Waals surface area contributed by atoms with Crippen LogP contribution in [0.2, 0.25) is 0 Å². The molecule has 1 heterocycles. The minimum atomic E-state index is -0.176. The average Bonchev–Trinajstić information content (AvgIpc) is 2.28. The van der Waals surface area contributed by atoms with Gasteiger partial charge in [0.05, 0.1) is 11.5 Å². The largest absolute Gasteiger partial charge is 0.301 e. The van der Waals surface area contributed by atoms with Crippen molar-refractivity contribution in [3.8, 4) is 6.07 Å². The number of likely N-dealkylation sites (N-methyl/N-ethyl adjacent to an activating group) is 1. The lowest BCUT2D eigenvalue weighted by atomic mass is 9.91. The topological polar surface area (TPSA) is 30.3 Å². The van der Waals surface area contributed by atoms with Crippen LogP contribution in [0, 0.1) is 16.7 Å². The first-order chi connectivity index (χ1) is 7.48. The zero-order valence-electron chi connectivity index (χ0n) is 11.2. The molecule has 0 aromatic heterocycles. The van der Waals surface area contributed by atoms with Gasteiger partial charge < -0.3 is 9.80 Å². The van der Waals surface area contributed by atoms with E-state index in [-0.39, 0.29) is 5.41 Å². The van der Waals surface area contributed by atoms with Gasteiger partial charge in [0.15, 0.2) is 0 Å². The van der Waals surface area contributed by atoms with Crippen LogP contribution in [-0.2, 0) is 0 Å². The van der Waals surface area contributed by atoms with Crippen molar-refractivity contribution < 1.29 is 0 Å². The maximum atomic E-state index is 8.99. The maximum Gasteiger partial charge on any atom is 0.0684 e. The van der Waals surface area contributed by atoms with E-state index in [0.717, 1.165) is 32.6 Å². The van der Waals surface area contributed by atoms with E-state index >= 15 is 0 Å². The zero-order valence-corrected chi connectivity index (χ0v) is 11.2. The number of hydrogen-bond acceptors (Lipinski definition) is 3. The first-order valence-electron chi connectivity index (χ1n) is 6.32. The summed E-state index contributed by atoms with van der Waals surface area (Å²) < 4.78 is 0. The van der Waals surface area contributed by atoms with Gasteiger partial charge in [0.25, 0.3) is 0 Å². The van der Waals surface area contributed by atoms with Gasteiger partial charge in [-0.2, -0.15) is 5.26 Å². The Morgan fingerprint density at radius 1 is 1.38 bits per heavy atom. The third kappa shape index (κ3) is 3.77. The lowest BCUT2D eigenvalue weighted by Gasteiger charge is -2.39. The first-order valence-corrected chi connectivity index (χ1v) is 6.32. The van der Waals surface area contributed by atoms with Crippen LogP contribution in [0.25, 0.3) is 0 Å². The Morgan fingerprint density at radius 3 is 2.62 bits per heavy atom. The molecule has 1 aliphatic heterocycles. The van der Waals surface area contributed by atoms with Crippen LogP contribution >= 0.6 is 0 Å². The van der Waals surface area contributed by atoms with Gasteiger partial charge in [0.2, 0.25) is 0 Å². The van der Waals surface area contributed by atoms with Gasteiger partial charge in [0.1, 0.15) is 0 Å². The third-order valence-electron chi connectivity index (χ3n) is 3.69. The van der Waals surface area contributed by atoms with Crippen LogP contribution in [0.3, 0.4) is 0 Å². The monoisotopic (exact) mass is 223 g/mol. The Balaban J connectivity index is 2.37. The summed E-state index contributed by atoms with van der Waals surface area (Å²) in [6.45, 7) is 10.8. The molecule has 3 nitrogen and oxygen atoms in total. The summed E-state index contributed by atoms with van der Waals surface area (Å²) in [5, 5.41) is 8.99. The molecule has 92 valence electrons. The summed E-state index contributed by atoms with van der Waals surface area (Å²) in [4.78, 5) is 4.96. The summed E-state index contributed by atoms with van der Waals surface area (Å²) in [6, 6.07) is 3.07. The molecule has 1 aliphatic rings. The Hall–Kier alpha value is -0.590. The molecule has 1 unspecified atom stereocenters. The second-order valence-electron chi connectivity index (χ2n) is 5.59. The van der Waals surface area contributed by atoms with E-state index in [1.54, 1.807) is 0 Å². The number of piperazine rings is 1. The highest BCUT2D eigenvalue weighted by Crippen LogP contribution is 2.20. The van der Waals surface area contributed by atoms with Crippen LogP contribution in [0.4, 0.5) is 0 Å². The molecule has 0 aromatic rings. The van der Waals surface area contributed by atoms with Crippen molar-refractivity contribution >= 4 is 0 Å². The third-order valence-corrected chi connectivity index (χ3v) is 3.69. The van der Waals surface area contributed by atoms with E-state index in [0.29, 0.717) is 6.04 Å². The average molecular weight is 223 g/mol. The minimum absolute atomic E-state index is 0.176. The first kappa shape index (κ1) is 13.5. The van der Waals surface area contributed by atoms with Crippen molar-refractivity contribution in [1.29, 1.82) is 5.26 Å². The highest BCUT2D eigenvalue weighted by atomic mass is 15.3. The van der Waals surface area contributed by atoms with Crippen LogP contribution in [-0.4, -0.2) is 49.1 Å². The fourth-order valence-electron chi connectivity index (χ4n) is 2.15. The summed E-state index contributed by atoms with van der Waals surface area (Å²) in [5.41, 5.74) is -0.176. The molecule has 0 aromatic carbocycles. The molecule has 1 atom stereocenters. The molecule has 16 heavy (non-hydrogen) atoms. The highest BCUT2D eigenvalue weighted by molar-refractivity contribution is 4.92. The van der Waals surface area contributed by atoms with Crippen molar-refractivity contribution in [2.75, 3.05) is 33.2 Å². The van der Waals surface area contributed by atoms with E-state index in [1.165, 1.54) is 6.42 Å². The Morgan fingerprint density at radius 2 is 2.06 bits per heavy atom. The predicted molar refractivity (Wildman–Crippen MR) is 67.2 cm³/mol. The zero-order chi connectivity index (χ0) is 12.2. The predicted octanol–water partition coefficient (Wildman–Crippen LogP) is 1.95. The second kappa shape index (κ2) is 5.65. The molecule has 0 radical (unpaired) electrons. The molecule has 3 heteroatoms. The van der Waals surface area contributed by atoms with Crippen molar-refractivity contribution in [2.24, 2.45) is 5.41 Å². The SMILES string of the molecule is CCC1CN(CCC(C)(C)C#N)CCN1C. The number of hydrogen-bond donors (Lipinski definition) is 0. The Bertz CT molecular complexity index is 254. The molecule has 0 N–H and O–H groups in total. The molecule has 0 saturated carbocycles. The molecule has 1 saturated heterocycles. The van der Waals surface area contributed by atoms with Crippen molar-refractivity contribution in [3.05, 3.63) is 0 Å². The summed E-state index contributed by atoms with van der Waals surface area (Å²) >= 11 is 0. The lowest BCUT2D eigenvalue weighted by molar-refractivity contribution is 0.0873. The summed E-state index contributed by atoms with van der Waals surface area (Å²) in [5.74, 6) is 0. The fourth-order valence-corrected chi connectivity index (χ4v) is 2.15. The van der Waals surface area contributed by atoms with E-state index in [9.17, 15) is 0 Å². The quantitative estimate of drug-likeness (QED) is 0.730. The van der Waals surface area contributed by atoms with Crippen LogP contribution < -0.4 is 0 Å². The number of rotatable bonds is 4. The minimum Gasteiger partial charge on any atom is -0.301 e. The standard InChI is InChI=1S/C13H25N3/c1-5-12-10-16(9-8-15(12)4)7-6-13(2,3)11-14/h12H,5-10H2,1-4H3. The Kier molecular flexibility index (Phi) is 4.76. The van der Waals surface area contributed by atoms with Gasteiger partial charge >= 0.3 is 0 Å². The van der Waals surface area contributed by atoms with E-state index in [1.807, 2.05) is 13.8 Å². The van der Waals surface area contributed by atoms with Gasteiger partial charge in [-0.05, 0) is 40.3 Å². The van der Waals surface area contributed by atoms with Crippen molar-refractivity contribution in [1.82, 2.24) is 9.80 Å². The van der Waals surface area contributed by atoms with Crippen LogP contribution in [0.5, 0.6) is 0 Å². The summed E-state index contributed by atoms with van der Waals surface area (Å²) in [6.07, 6.45) is 2.19. The molecule has 0 aliphatic carbocycles. The highest BCUT2D eigenvalue weighted by Gasteiger charge is 2.24. The van der Waals surface area contributed by atoms with Gasteiger partial charge in [-0.3, -0.25) is 0 Å². The van der Waals surface area contributed by atoms with Gasteiger partial charge in [0, 0.05) is 25.7 Å². The number of nitrogens with zero attached hydrogens (tertiary/aromatic N) is 3. The van der Waals surface area contributed by atoms with Crippen LogP contribution in [0.1, 0.15) is 33.6 Å². The maximum absolute atomic E-state index is 8.99. The smallest absolute Gasteiger partial charge is 0.0684 e. The van der Waals surface area contributed by atoms with E-state index in [2.05, 4.69) is 29.8 Å². The molecular weight excluding hydrogens is 198 g/mol. The van der Waals surface area contributed by atoms with Crippen molar-refractivity contribution in [2.45, 2.75) is 39.7 Å². The van der Waals surface area contributed by atoms with E-state index in [4.69, 9.17) is 5.26 Å². The van der Waals surface area contributed by atoms with Gasteiger partial charge in [-0.1, -0.05) is 6.92 Å². The molecular formula is C13H25N3. The van der Waals surface area contributed by atoms with Crippen LogP contribution in [0.15, 0.2) is 0 Å². The fraction of sp³-hybridized carbons (Fsp3) is 0.923. The Labute approximate surface area is 100 Å². The molecule has 0 spiro atoms. The molecule has 1 rings (SSSR count). The molecule has 1 fully saturated rings. The second-order valence-corrected chi connectivity index (χ2v) is 5.59. The van der Waals surface area contributed by atoms with Gasteiger partial charge in [-0.15, -0.1) is 0 Å². The lowest BCUT2D eigenvalue weighted by Crippen LogP contribution is -2.51. The normalized spacial score (nSPS) is 24.3. The van der Waals surface area contributed by atoms with Gasteiger partial charge in [-0.25, -0.2) is 0 Å². The molecule has 0 bridgehead atoms. The van der Waals surface area contributed by atoms with Crippen molar-refractivity contribution in [3.63, 3.8) is 0 Å². The van der Waals surface area contributed by atoms with E-state index < -0.39 is 0 Å². The molecule has 0 amide bonds. The summed E-state index contributed by atoms with van der Waals surface area (Å²) in [7, 11) is 2.21.